The SMILES string of the molecule is CCC1CCC(C(Cc2ccc(Cl)c(F)c2)NN)C1. The first kappa shape index (κ1) is 14.8. The topological polar surface area (TPSA) is 38.0 Å². The van der Waals surface area contributed by atoms with E-state index in [0.29, 0.717) is 5.92 Å². The second kappa shape index (κ2) is 6.69. The summed E-state index contributed by atoms with van der Waals surface area (Å²) in [6.45, 7) is 2.24. The minimum atomic E-state index is -0.354. The monoisotopic (exact) mass is 284 g/mol. The Morgan fingerprint density at radius 3 is 2.84 bits per heavy atom. The van der Waals surface area contributed by atoms with Crippen molar-refractivity contribution in [1.82, 2.24) is 5.43 Å². The molecule has 3 N–H and O–H groups in total. The molecule has 2 rings (SSSR count). The average Bonchev–Trinajstić information content (AvgIpc) is 2.88. The van der Waals surface area contributed by atoms with Crippen molar-refractivity contribution in [1.29, 1.82) is 0 Å². The summed E-state index contributed by atoms with van der Waals surface area (Å²) in [5.41, 5.74) is 3.86. The number of nitrogens with one attached hydrogen (secondary N) is 1. The molecule has 1 fully saturated rings. The Morgan fingerprint density at radius 1 is 1.47 bits per heavy atom. The van der Waals surface area contributed by atoms with Crippen LogP contribution in [0.15, 0.2) is 18.2 Å². The van der Waals surface area contributed by atoms with E-state index in [2.05, 4.69) is 12.3 Å². The van der Waals surface area contributed by atoms with Crippen molar-refractivity contribution in [2.75, 3.05) is 0 Å². The van der Waals surface area contributed by atoms with Gasteiger partial charge in [-0.1, -0.05) is 37.4 Å². The lowest BCUT2D eigenvalue weighted by Crippen LogP contribution is -2.41. The van der Waals surface area contributed by atoms with Gasteiger partial charge in [0.1, 0.15) is 5.82 Å². The van der Waals surface area contributed by atoms with E-state index < -0.39 is 0 Å². The Labute approximate surface area is 119 Å². The molecule has 1 aliphatic carbocycles. The maximum absolute atomic E-state index is 13.4. The molecule has 0 aromatic heterocycles. The normalized spacial score (nSPS) is 24.6. The third kappa shape index (κ3) is 3.68. The Morgan fingerprint density at radius 2 is 2.26 bits per heavy atom. The summed E-state index contributed by atoms with van der Waals surface area (Å²) in [7, 11) is 0. The van der Waals surface area contributed by atoms with E-state index in [1.54, 1.807) is 6.07 Å². The first-order valence-corrected chi connectivity index (χ1v) is 7.41. The van der Waals surface area contributed by atoms with E-state index in [9.17, 15) is 4.39 Å². The van der Waals surface area contributed by atoms with E-state index in [1.807, 2.05) is 6.07 Å². The van der Waals surface area contributed by atoms with E-state index in [4.69, 9.17) is 17.4 Å². The lowest BCUT2D eigenvalue weighted by molar-refractivity contribution is 0.347. The lowest BCUT2D eigenvalue weighted by atomic mass is 9.91. The fraction of sp³-hybridized carbons (Fsp3) is 0.600. The average molecular weight is 285 g/mol. The standard InChI is InChI=1S/C15H22ClFN2/c1-2-10-3-5-12(7-10)15(19-18)9-11-4-6-13(16)14(17)8-11/h4,6,8,10,12,15,19H,2-3,5,7,9,18H2,1H3. The number of hydrogen-bond acceptors (Lipinski definition) is 2. The van der Waals surface area contributed by atoms with Crippen LogP contribution in [0.5, 0.6) is 0 Å². The van der Waals surface area contributed by atoms with E-state index in [1.165, 1.54) is 31.7 Å². The summed E-state index contributed by atoms with van der Waals surface area (Å²) in [5.74, 6) is 6.74. The molecule has 0 amide bonds. The quantitative estimate of drug-likeness (QED) is 0.639. The molecule has 106 valence electrons. The van der Waals surface area contributed by atoms with Crippen molar-refractivity contribution >= 4 is 11.6 Å². The second-order valence-corrected chi connectivity index (χ2v) is 5.98. The van der Waals surface area contributed by atoms with Crippen LogP contribution in [0.25, 0.3) is 0 Å². The van der Waals surface area contributed by atoms with Crippen LogP contribution in [0.2, 0.25) is 5.02 Å². The Kier molecular flexibility index (Phi) is 5.20. The van der Waals surface area contributed by atoms with Gasteiger partial charge in [-0.3, -0.25) is 11.3 Å². The van der Waals surface area contributed by atoms with Crippen LogP contribution in [0.3, 0.4) is 0 Å². The molecule has 0 radical (unpaired) electrons. The van der Waals surface area contributed by atoms with Crippen molar-refractivity contribution in [3.63, 3.8) is 0 Å². The highest BCUT2D eigenvalue weighted by atomic mass is 35.5. The molecule has 0 bridgehead atoms. The third-order valence-electron chi connectivity index (χ3n) is 4.38. The minimum absolute atomic E-state index is 0.174. The highest BCUT2D eigenvalue weighted by Gasteiger charge is 2.29. The van der Waals surface area contributed by atoms with Crippen molar-refractivity contribution in [3.05, 3.63) is 34.6 Å². The number of rotatable bonds is 5. The van der Waals surface area contributed by atoms with Gasteiger partial charge in [-0.05, 0) is 48.8 Å². The lowest BCUT2D eigenvalue weighted by Gasteiger charge is -2.23. The largest absolute Gasteiger partial charge is 0.271 e. The fourth-order valence-electron chi connectivity index (χ4n) is 3.13. The van der Waals surface area contributed by atoms with Crippen LogP contribution in [0.4, 0.5) is 4.39 Å². The zero-order chi connectivity index (χ0) is 13.8. The minimum Gasteiger partial charge on any atom is -0.271 e. The molecule has 0 heterocycles. The van der Waals surface area contributed by atoms with Gasteiger partial charge in [0.2, 0.25) is 0 Å². The Bertz CT molecular complexity index is 425. The summed E-state index contributed by atoms with van der Waals surface area (Å²) in [4.78, 5) is 0. The number of hydrogen-bond donors (Lipinski definition) is 2. The molecule has 1 aromatic rings. The molecular weight excluding hydrogens is 263 g/mol. The predicted octanol–water partition coefficient (Wildman–Crippen LogP) is 3.68. The number of hydrazine groups is 1. The third-order valence-corrected chi connectivity index (χ3v) is 4.69. The molecule has 1 aliphatic rings. The van der Waals surface area contributed by atoms with Gasteiger partial charge in [0.25, 0.3) is 0 Å². The number of benzene rings is 1. The van der Waals surface area contributed by atoms with E-state index in [-0.39, 0.29) is 16.9 Å². The summed E-state index contributed by atoms with van der Waals surface area (Å²) in [6, 6.07) is 5.22. The summed E-state index contributed by atoms with van der Waals surface area (Å²) < 4.78 is 13.4. The zero-order valence-electron chi connectivity index (χ0n) is 11.3. The van der Waals surface area contributed by atoms with Gasteiger partial charge < -0.3 is 0 Å². The molecule has 19 heavy (non-hydrogen) atoms. The van der Waals surface area contributed by atoms with Gasteiger partial charge in [0, 0.05) is 6.04 Å². The summed E-state index contributed by atoms with van der Waals surface area (Å²) >= 11 is 5.70. The Balaban J connectivity index is 2.00. The summed E-state index contributed by atoms with van der Waals surface area (Å²) in [5, 5.41) is 0.174. The van der Waals surface area contributed by atoms with Gasteiger partial charge in [-0.25, -0.2) is 4.39 Å². The maximum Gasteiger partial charge on any atom is 0.142 e. The van der Waals surface area contributed by atoms with Crippen molar-refractivity contribution < 1.29 is 4.39 Å². The number of halogens is 2. The van der Waals surface area contributed by atoms with Crippen molar-refractivity contribution in [2.24, 2.45) is 17.7 Å². The van der Waals surface area contributed by atoms with Crippen LogP contribution in [0.1, 0.15) is 38.2 Å². The van der Waals surface area contributed by atoms with Crippen LogP contribution >= 0.6 is 11.6 Å². The zero-order valence-corrected chi connectivity index (χ0v) is 12.1. The molecule has 1 aromatic carbocycles. The molecule has 0 aliphatic heterocycles. The van der Waals surface area contributed by atoms with Gasteiger partial charge >= 0.3 is 0 Å². The van der Waals surface area contributed by atoms with Gasteiger partial charge in [0.15, 0.2) is 0 Å². The predicted molar refractivity (Wildman–Crippen MR) is 77.3 cm³/mol. The molecule has 4 heteroatoms. The molecule has 2 nitrogen and oxygen atoms in total. The molecule has 1 saturated carbocycles. The first-order valence-electron chi connectivity index (χ1n) is 7.04. The van der Waals surface area contributed by atoms with Crippen LogP contribution < -0.4 is 11.3 Å². The van der Waals surface area contributed by atoms with E-state index in [0.717, 1.165) is 17.9 Å². The smallest absolute Gasteiger partial charge is 0.142 e. The van der Waals surface area contributed by atoms with E-state index >= 15 is 0 Å². The second-order valence-electron chi connectivity index (χ2n) is 5.57. The van der Waals surface area contributed by atoms with Gasteiger partial charge in [-0.2, -0.15) is 0 Å². The fourth-order valence-corrected chi connectivity index (χ4v) is 3.25. The maximum atomic E-state index is 13.4. The molecule has 3 unspecified atom stereocenters. The van der Waals surface area contributed by atoms with Crippen LogP contribution in [-0.2, 0) is 6.42 Å². The summed E-state index contributed by atoms with van der Waals surface area (Å²) in [6.07, 6.45) is 5.72. The molecule has 0 saturated heterocycles. The molecule has 0 spiro atoms. The van der Waals surface area contributed by atoms with Crippen LogP contribution in [0, 0.1) is 17.7 Å². The van der Waals surface area contributed by atoms with Gasteiger partial charge in [-0.15, -0.1) is 0 Å². The Hall–Kier alpha value is -0.640. The van der Waals surface area contributed by atoms with Gasteiger partial charge in [0.05, 0.1) is 5.02 Å². The number of nitrogens with two attached hydrogens (primary N) is 1. The molecular formula is C15H22ClFN2. The first-order chi connectivity index (χ1) is 9.13. The highest BCUT2D eigenvalue weighted by Crippen LogP contribution is 2.35. The van der Waals surface area contributed by atoms with Crippen LogP contribution in [-0.4, -0.2) is 6.04 Å². The molecule has 3 atom stereocenters. The van der Waals surface area contributed by atoms with Crippen molar-refractivity contribution in [3.8, 4) is 0 Å². The van der Waals surface area contributed by atoms with Crippen molar-refractivity contribution in [2.45, 2.75) is 45.1 Å². The highest BCUT2D eigenvalue weighted by molar-refractivity contribution is 6.30.